The van der Waals surface area contributed by atoms with Gasteiger partial charge in [-0.1, -0.05) is 45.0 Å². The zero-order chi connectivity index (χ0) is 11.3. The van der Waals surface area contributed by atoms with Gasteiger partial charge in [-0.05, 0) is 34.1 Å². The van der Waals surface area contributed by atoms with Crippen LogP contribution in [0.3, 0.4) is 0 Å². The minimum atomic E-state index is 0.200. The molecule has 0 saturated heterocycles. The van der Waals surface area contributed by atoms with Crippen LogP contribution in [-0.4, -0.2) is 0 Å². The molecule has 0 aliphatic heterocycles. The quantitative estimate of drug-likeness (QED) is 0.664. The molecule has 82 valence electrons. The molecule has 0 spiro atoms. The smallest absolute Gasteiger partial charge is 0.0386 e. The first-order valence-corrected chi connectivity index (χ1v) is 6.71. The molecule has 3 rings (SSSR count). The third kappa shape index (κ3) is 1.04. The van der Waals surface area contributed by atoms with Crippen molar-refractivity contribution in [3.8, 4) is 10.4 Å². The lowest BCUT2D eigenvalue weighted by molar-refractivity contribution is 0.415. The van der Waals surface area contributed by atoms with Gasteiger partial charge < -0.3 is 0 Å². The average Bonchev–Trinajstić information content (AvgIpc) is 2.83. The molecule has 1 aromatic heterocycles. The third-order valence-corrected chi connectivity index (χ3v) is 5.06. The Hall–Kier alpha value is -1.08. The SMILES string of the molecule is CC(C)C1(C)c2ccccc2-c2sccc21. The van der Waals surface area contributed by atoms with E-state index in [2.05, 4.69) is 56.5 Å². The van der Waals surface area contributed by atoms with Crippen molar-refractivity contribution in [2.45, 2.75) is 26.2 Å². The van der Waals surface area contributed by atoms with Crippen molar-refractivity contribution in [1.29, 1.82) is 0 Å². The first kappa shape index (κ1) is 10.1. The lowest BCUT2D eigenvalue weighted by Crippen LogP contribution is -2.27. The molecule has 0 saturated carbocycles. The number of fused-ring (bicyclic) bond motifs is 3. The van der Waals surface area contributed by atoms with Gasteiger partial charge in [-0.25, -0.2) is 0 Å². The van der Waals surface area contributed by atoms with E-state index in [1.54, 1.807) is 0 Å². The second kappa shape index (κ2) is 3.21. The van der Waals surface area contributed by atoms with Crippen LogP contribution in [0.25, 0.3) is 10.4 Å². The number of hydrogen-bond acceptors (Lipinski definition) is 1. The summed E-state index contributed by atoms with van der Waals surface area (Å²) in [6, 6.07) is 11.2. The van der Waals surface area contributed by atoms with E-state index in [0.717, 1.165) is 0 Å². The summed E-state index contributed by atoms with van der Waals surface area (Å²) in [4.78, 5) is 1.48. The third-order valence-electron chi connectivity index (χ3n) is 4.11. The molecule has 1 aliphatic carbocycles. The predicted octanol–water partition coefficient (Wildman–Crippen LogP) is 4.69. The Balaban J connectivity index is 2.37. The van der Waals surface area contributed by atoms with Gasteiger partial charge in [-0.2, -0.15) is 0 Å². The van der Waals surface area contributed by atoms with Gasteiger partial charge in [0.05, 0.1) is 0 Å². The summed E-state index contributed by atoms with van der Waals surface area (Å²) < 4.78 is 0. The molecule has 2 aromatic rings. The number of rotatable bonds is 1. The highest BCUT2D eigenvalue weighted by Gasteiger charge is 2.41. The van der Waals surface area contributed by atoms with Crippen LogP contribution in [0.4, 0.5) is 0 Å². The van der Waals surface area contributed by atoms with Crippen LogP contribution in [0.15, 0.2) is 35.7 Å². The van der Waals surface area contributed by atoms with Gasteiger partial charge in [0, 0.05) is 10.3 Å². The largest absolute Gasteiger partial charge is 0.143 e. The van der Waals surface area contributed by atoms with E-state index < -0.39 is 0 Å². The Morgan fingerprint density at radius 2 is 1.81 bits per heavy atom. The van der Waals surface area contributed by atoms with Gasteiger partial charge in [-0.15, -0.1) is 11.3 Å². The molecule has 1 unspecified atom stereocenters. The van der Waals surface area contributed by atoms with E-state index in [4.69, 9.17) is 0 Å². The van der Waals surface area contributed by atoms with E-state index in [-0.39, 0.29) is 5.41 Å². The van der Waals surface area contributed by atoms with Crippen LogP contribution in [0, 0.1) is 5.92 Å². The molecule has 1 heteroatoms. The van der Waals surface area contributed by atoms with Crippen molar-refractivity contribution in [2.24, 2.45) is 5.92 Å². The minimum absolute atomic E-state index is 0.200. The van der Waals surface area contributed by atoms with Gasteiger partial charge in [0.15, 0.2) is 0 Å². The zero-order valence-corrected chi connectivity index (χ0v) is 10.8. The lowest BCUT2D eigenvalue weighted by atomic mass is 9.72. The highest BCUT2D eigenvalue weighted by atomic mass is 32.1. The van der Waals surface area contributed by atoms with Crippen molar-refractivity contribution in [2.75, 3.05) is 0 Å². The van der Waals surface area contributed by atoms with Crippen LogP contribution in [0.1, 0.15) is 31.9 Å². The second-order valence-electron chi connectivity index (χ2n) is 5.07. The lowest BCUT2D eigenvalue weighted by Gasteiger charge is -2.31. The summed E-state index contributed by atoms with van der Waals surface area (Å²) in [5.41, 5.74) is 4.68. The second-order valence-corrected chi connectivity index (χ2v) is 5.98. The van der Waals surface area contributed by atoms with E-state index in [9.17, 15) is 0 Å². The average molecular weight is 228 g/mol. The summed E-state index contributed by atoms with van der Waals surface area (Å²) in [7, 11) is 0. The van der Waals surface area contributed by atoms with Crippen molar-refractivity contribution in [1.82, 2.24) is 0 Å². The van der Waals surface area contributed by atoms with E-state index in [1.165, 1.54) is 21.6 Å². The number of thiophene rings is 1. The summed E-state index contributed by atoms with van der Waals surface area (Å²) in [6.45, 7) is 7.03. The van der Waals surface area contributed by atoms with Crippen LogP contribution in [0.2, 0.25) is 0 Å². The molecule has 0 radical (unpaired) electrons. The van der Waals surface area contributed by atoms with Crippen LogP contribution in [0.5, 0.6) is 0 Å². The highest BCUT2D eigenvalue weighted by molar-refractivity contribution is 7.13. The highest BCUT2D eigenvalue weighted by Crippen LogP contribution is 2.54. The van der Waals surface area contributed by atoms with Gasteiger partial charge in [0.25, 0.3) is 0 Å². The molecule has 0 N–H and O–H groups in total. The fourth-order valence-corrected chi connectivity index (χ4v) is 3.88. The van der Waals surface area contributed by atoms with Crippen LogP contribution >= 0.6 is 11.3 Å². The molecule has 0 fully saturated rings. The maximum Gasteiger partial charge on any atom is 0.0386 e. The van der Waals surface area contributed by atoms with Gasteiger partial charge in [0.1, 0.15) is 0 Å². The van der Waals surface area contributed by atoms with E-state index >= 15 is 0 Å². The molecular weight excluding hydrogens is 212 g/mol. The topological polar surface area (TPSA) is 0 Å². The van der Waals surface area contributed by atoms with Crippen molar-refractivity contribution >= 4 is 11.3 Å². The Kier molecular flexibility index (Phi) is 2.02. The summed E-state index contributed by atoms with van der Waals surface area (Å²) >= 11 is 1.87. The summed E-state index contributed by atoms with van der Waals surface area (Å²) in [6.07, 6.45) is 0. The molecule has 1 atom stereocenters. The monoisotopic (exact) mass is 228 g/mol. The predicted molar refractivity (Wildman–Crippen MR) is 71.0 cm³/mol. The van der Waals surface area contributed by atoms with Crippen molar-refractivity contribution in [3.05, 3.63) is 46.8 Å². The van der Waals surface area contributed by atoms with Gasteiger partial charge >= 0.3 is 0 Å². The fraction of sp³-hybridized carbons (Fsp3) is 0.333. The van der Waals surface area contributed by atoms with E-state index in [1.807, 2.05) is 11.3 Å². The van der Waals surface area contributed by atoms with Crippen LogP contribution in [-0.2, 0) is 5.41 Å². The zero-order valence-electron chi connectivity index (χ0n) is 9.95. The molecule has 1 aliphatic rings. The number of hydrogen-bond donors (Lipinski definition) is 0. The molecule has 1 aromatic carbocycles. The molecule has 0 nitrogen and oxygen atoms in total. The molecule has 0 amide bonds. The van der Waals surface area contributed by atoms with E-state index in [0.29, 0.717) is 5.92 Å². The molecule has 0 bridgehead atoms. The fourth-order valence-electron chi connectivity index (χ4n) is 2.83. The minimum Gasteiger partial charge on any atom is -0.143 e. The Morgan fingerprint density at radius 1 is 1.06 bits per heavy atom. The maximum absolute atomic E-state index is 2.38. The standard InChI is InChI=1S/C15H16S/c1-10(2)15(3)12-7-5-4-6-11(12)14-13(15)8-9-16-14/h4-10H,1-3H3. The van der Waals surface area contributed by atoms with Crippen LogP contribution < -0.4 is 0 Å². The Labute approximate surface area is 101 Å². The van der Waals surface area contributed by atoms with Crippen molar-refractivity contribution in [3.63, 3.8) is 0 Å². The molecule has 16 heavy (non-hydrogen) atoms. The summed E-state index contributed by atoms with van der Waals surface area (Å²) in [5, 5.41) is 2.22. The molecule has 1 heterocycles. The number of benzene rings is 1. The normalized spacial score (nSPS) is 22.2. The first-order chi connectivity index (χ1) is 7.65. The van der Waals surface area contributed by atoms with Gasteiger partial charge in [-0.3, -0.25) is 0 Å². The maximum atomic E-state index is 2.38. The summed E-state index contributed by atoms with van der Waals surface area (Å²) in [5.74, 6) is 0.629. The Morgan fingerprint density at radius 3 is 2.56 bits per heavy atom. The first-order valence-electron chi connectivity index (χ1n) is 5.83. The van der Waals surface area contributed by atoms with Crippen molar-refractivity contribution < 1.29 is 0 Å². The Bertz CT molecular complexity index is 536. The van der Waals surface area contributed by atoms with Gasteiger partial charge in [0.2, 0.25) is 0 Å². The molecular formula is C15H16S.